The van der Waals surface area contributed by atoms with Crippen LogP contribution in [0.15, 0.2) is 52.4 Å². The molecule has 3 aromatic rings. The molecular weight excluding hydrogens is 393 g/mol. The predicted molar refractivity (Wildman–Crippen MR) is 99.5 cm³/mol. The third-order valence-corrected chi connectivity index (χ3v) is 4.58. The largest absolute Gasteiger partial charge is 0.382 e. The minimum absolute atomic E-state index is 0.188. The fraction of sp³-hybridized carbons (Fsp3) is 0.0556. The van der Waals surface area contributed by atoms with Gasteiger partial charge in [0.25, 0.3) is 11.5 Å². The highest BCUT2D eigenvalue weighted by molar-refractivity contribution is 7.98. The molecule has 0 bridgehead atoms. The van der Waals surface area contributed by atoms with Crippen LogP contribution < -0.4 is 16.6 Å². The number of nitrogen functional groups attached to an aromatic ring is 1. The maximum Gasteiger partial charge on any atom is 0.277 e. The molecule has 1 heterocycles. The Labute approximate surface area is 161 Å². The van der Waals surface area contributed by atoms with Gasteiger partial charge in [0, 0.05) is 11.3 Å². The van der Waals surface area contributed by atoms with Gasteiger partial charge in [0.1, 0.15) is 11.5 Å². The number of nitrogens with two attached hydrogens (primary N) is 1. The number of halogens is 3. The number of nitrogens with one attached hydrogen (secondary N) is 2. The number of rotatable bonds is 5. The topological polar surface area (TPSA) is 101 Å². The summed E-state index contributed by atoms with van der Waals surface area (Å²) in [5.74, 6) is -3.32. The number of aromatic amines is 1. The van der Waals surface area contributed by atoms with Crippen molar-refractivity contribution in [2.24, 2.45) is 0 Å². The summed E-state index contributed by atoms with van der Waals surface area (Å²) in [4.78, 5) is 30.8. The summed E-state index contributed by atoms with van der Waals surface area (Å²) in [6.45, 7) is 0. The zero-order chi connectivity index (χ0) is 20.3. The Morgan fingerprint density at radius 2 is 1.82 bits per heavy atom. The summed E-state index contributed by atoms with van der Waals surface area (Å²) in [5.41, 5.74) is 5.36. The lowest BCUT2D eigenvalue weighted by Crippen LogP contribution is -2.23. The molecule has 6 nitrogen and oxygen atoms in total. The summed E-state index contributed by atoms with van der Waals surface area (Å²) in [5, 5.41) is 2.44. The average Bonchev–Trinajstić information content (AvgIpc) is 2.66. The van der Waals surface area contributed by atoms with Crippen LogP contribution in [0.1, 0.15) is 15.9 Å². The van der Waals surface area contributed by atoms with E-state index in [4.69, 9.17) is 5.73 Å². The van der Waals surface area contributed by atoms with E-state index >= 15 is 0 Å². The smallest absolute Gasteiger partial charge is 0.277 e. The van der Waals surface area contributed by atoms with Crippen LogP contribution >= 0.6 is 11.8 Å². The van der Waals surface area contributed by atoms with E-state index in [2.05, 4.69) is 15.3 Å². The Morgan fingerprint density at radius 1 is 1.11 bits per heavy atom. The molecule has 2 aromatic carbocycles. The SMILES string of the molecule is Nc1nc(SCc2ccc(F)cc2)[nH]c(=O)c1NC(=O)c1ccc(F)c(F)c1. The molecule has 28 heavy (non-hydrogen) atoms. The van der Waals surface area contributed by atoms with Gasteiger partial charge >= 0.3 is 0 Å². The summed E-state index contributed by atoms with van der Waals surface area (Å²) < 4.78 is 39.1. The van der Waals surface area contributed by atoms with Crippen LogP contribution in [0.2, 0.25) is 0 Å². The highest BCUT2D eigenvalue weighted by atomic mass is 32.2. The molecule has 10 heteroatoms. The van der Waals surface area contributed by atoms with Crippen molar-refractivity contribution in [3.63, 3.8) is 0 Å². The van der Waals surface area contributed by atoms with E-state index in [-0.39, 0.29) is 28.0 Å². The van der Waals surface area contributed by atoms with E-state index in [9.17, 15) is 22.8 Å². The molecule has 0 spiro atoms. The fourth-order valence-corrected chi connectivity index (χ4v) is 3.04. The van der Waals surface area contributed by atoms with Crippen molar-refractivity contribution in [3.8, 4) is 0 Å². The molecule has 0 fully saturated rings. The first-order valence-corrected chi connectivity index (χ1v) is 8.85. The highest BCUT2D eigenvalue weighted by Gasteiger charge is 2.15. The molecule has 144 valence electrons. The van der Waals surface area contributed by atoms with Crippen molar-refractivity contribution < 1.29 is 18.0 Å². The summed E-state index contributed by atoms with van der Waals surface area (Å²) in [7, 11) is 0. The van der Waals surface area contributed by atoms with E-state index in [0.717, 1.165) is 29.5 Å². The number of hydrogen-bond donors (Lipinski definition) is 3. The zero-order valence-electron chi connectivity index (χ0n) is 14.1. The molecule has 1 aromatic heterocycles. The first-order chi connectivity index (χ1) is 13.3. The quantitative estimate of drug-likeness (QED) is 0.446. The van der Waals surface area contributed by atoms with Crippen LogP contribution in [0.25, 0.3) is 0 Å². The van der Waals surface area contributed by atoms with Gasteiger partial charge in [-0.15, -0.1) is 0 Å². The normalized spacial score (nSPS) is 10.7. The molecular formula is C18H13F3N4O2S. The number of aromatic nitrogens is 2. The lowest BCUT2D eigenvalue weighted by molar-refractivity contribution is 0.102. The van der Waals surface area contributed by atoms with Crippen LogP contribution in [-0.4, -0.2) is 15.9 Å². The summed E-state index contributed by atoms with van der Waals surface area (Å²) >= 11 is 1.16. The highest BCUT2D eigenvalue weighted by Crippen LogP contribution is 2.21. The Morgan fingerprint density at radius 3 is 2.46 bits per heavy atom. The maximum absolute atomic E-state index is 13.3. The number of amides is 1. The second-order valence-corrected chi connectivity index (χ2v) is 6.59. The predicted octanol–water partition coefficient (Wildman–Crippen LogP) is 3.31. The van der Waals surface area contributed by atoms with Crippen LogP contribution in [0.4, 0.5) is 24.7 Å². The molecule has 0 saturated carbocycles. The molecule has 0 radical (unpaired) electrons. The van der Waals surface area contributed by atoms with Gasteiger partial charge in [-0.1, -0.05) is 23.9 Å². The van der Waals surface area contributed by atoms with Crippen LogP contribution in [-0.2, 0) is 5.75 Å². The first kappa shape index (κ1) is 19.5. The Bertz CT molecular complexity index is 1090. The molecule has 0 aliphatic carbocycles. The number of carbonyl (C=O) groups excluding carboxylic acids is 1. The summed E-state index contributed by atoms with van der Waals surface area (Å²) in [6, 6.07) is 8.40. The Hall–Kier alpha value is -3.27. The average molecular weight is 406 g/mol. The Kier molecular flexibility index (Phi) is 5.69. The van der Waals surface area contributed by atoms with E-state index < -0.39 is 23.1 Å². The zero-order valence-corrected chi connectivity index (χ0v) is 14.9. The third kappa shape index (κ3) is 4.52. The van der Waals surface area contributed by atoms with Crippen molar-refractivity contribution in [2.75, 3.05) is 11.1 Å². The summed E-state index contributed by atoms with van der Waals surface area (Å²) in [6.07, 6.45) is 0. The lowest BCUT2D eigenvalue weighted by Gasteiger charge is -2.09. The van der Waals surface area contributed by atoms with Gasteiger partial charge < -0.3 is 11.1 Å². The molecule has 0 unspecified atom stereocenters. The number of hydrogen-bond acceptors (Lipinski definition) is 5. The van der Waals surface area contributed by atoms with E-state index in [0.29, 0.717) is 11.8 Å². The van der Waals surface area contributed by atoms with Gasteiger partial charge in [-0.3, -0.25) is 14.6 Å². The third-order valence-electron chi connectivity index (χ3n) is 3.63. The van der Waals surface area contributed by atoms with Crippen molar-refractivity contribution in [3.05, 3.63) is 81.4 Å². The van der Waals surface area contributed by atoms with Crippen molar-refractivity contribution in [1.82, 2.24) is 9.97 Å². The number of nitrogens with zero attached hydrogens (tertiary/aromatic N) is 1. The number of carbonyl (C=O) groups is 1. The van der Waals surface area contributed by atoms with Crippen molar-refractivity contribution in [2.45, 2.75) is 10.9 Å². The van der Waals surface area contributed by atoms with Gasteiger partial charge in [-0.2, -0.15) is 0 Å². The molecule has 4 N–H and O–H groups in total. The molecule has 0 saturated heterocycles. The number of thioether (sulfide) groups is 1. The second-order valence-electron chi connectivity index (χ2n) is 5.63. The number of benzene rings is 2. The van der Waals surface area contributed by atoms with Crippen molar-refractivity contribution in [1.29, 1.82) is 0 Å². The first-order valence-electron chi connectivity index (χ1n) is 7.87. The van der Waals surface area contributed by atoms with Crippen LogP contribution in [0.3, 0.4) is 0 Å². The fourth-order valence-electron chi connectivity index (χ4n) is 2.21. The van der Waals surface area contributed by atoms with Crippen molar-refractivity contribution >= 4 is 29.2 Å². The molecule has 3 rings (SSSR count). The van der Waals surface area contributed by atoms with Crippen LogP contribution in [0, 0.1) is 17.5 Å². The lowest BCUT2D eigenvalue weighted by atomic mass is 10.2. The minimum atomic E-state index is -1.19. The van der Waals surface area contributed by atoms with Crippen LogP contribution in [0.5, 0.6) is 0 Å². The van der Waals surface area contributed by atoms with Gasteiger partial charge in [0.2, 0.25) is 0 Å². The van der Waals surface area contributed by atoms with Gasteiger partial charge in [0.05, 0.1) is 0 Å². The van der Waals surface area contributed by atoms with Gasteiger partial charge in [-0.05, 0) is 35.9 Å². The van der Waals surface area contributed by atoms with E-state index in [1.54, 1.807) is 12.1 Å². The van der Waals surface area contributed by atoms with Gasteiger partial charge in [0.15, 0.2) is 22.6 Å². The monoisotopic (exact) mass is 406 g/mol. The minimum Gasteiger partial charge on any atom is -0.382 e. The van der Waals surface area contributed by atoms with Gasteiger partial charge in [-0.25, -0.2) is 18.2 Å². The van der Waals surface area contributed by atoms with E-state index in [1.165, 1.54) is 12.1 Å². The Balaban J connectivity index is 1.74. The standard InChI is InChI=1S/C18H13F3N4O2S/c19-11-4-1-9(2-5-11)8-28-18-24-15(22)14(17(27)25-18)23-16(26)10-3-6-12(20)13(21)7-10/h1-7H,8H2,(H,23,26)(H3,22,24,25,27). The maximum atomic E-state index is 13.3. The molecule has 0 atom stereocenters. The van der Waals surface area contributed by atoms with E-state index in [1.807, 2.05) is 0 Å². The number of H-pyrrole nitrogens is 1. The molecule has 1 amide bonds. The number of anilines is 2. The molecule has 0 aliphatic rings. The molecule has 0 aliphatic heterocycles. The second kappa shape index (κ2) is 8.17.